The highest BCUT2D eigenvalue weighted by Crippen LogP contribution is 2.15. The van der Waals surface area contributed by atoms with Gasteiger partial charge in [-0.1, -0.05) is 31.5 Å². The van der Waals surface area contributed by atoms with E-state index in [1.54, 1.807) is 6.08 Å². The summed E-state index contributed by atoms with van der Waals surface area (Å²) < 4.78 is 0. The molecule has 0 saturated carbocycles. The fourth-order valence-electron chi connectivity index (χ4n) is 0.856. The van der Waals surface area contributed by atoms with Gasteiger partial charge in [-0.15, -0.1) is 0 Å². The molecule has 0 aromatic rings. The van der Waals surface area contributed by atoms with E-state index in [4.69, 9.17) is 16.7 Å². The third kappa shape index (κ3) is 5.16. The highest BCUT2D eigenvalue weighted by atomic mass is 35.5. The fraction of sp³-hybridized carbons (Fsp3) is 0.625. The Bertz CT molecular complexity index is 154. The van der Waals surface area contributed by atoms with E-state index < -0.39 is 5.97 Å². The Morgan fingerprint density at radius 3 is 2.33 bits per heavy atom. The second-order valence-electron chi connectivity index (χ2n) is 2.79. The zero-order valence-electron chi connectivity index (χ0n) is 7.25. The van der Waals surface area contributed by atoms with E-state index in [0.29, 0.717) is 6.42 Å². The number of carboxylic acids is 1. The Morgan fingerprint density at radius 1 is 1.58 bits per heavy atom. The van der Waals surface area contributed by atoms with Gasteiger partial charge in [-0.3, -0.25) is 4.79 Å². The van der Waals surface area contributed by atoms with Gasteiger partial charge in [0.15, 0.2) is 0 Å². The molecular weight excluding hydrogens is 180 g/mol. The fourth-order valence-corrected chi connectivity index (χ4v) is 0.959. The van der Waals surface area contributed by atoms with Crippen LogP contribution in [0, 0.1) is 11.8 Å². The molecule has 0 bridgehead atoms. The van der Waals surface area contributed by atoms with Crippen LogP contribution in [0.5, 0.6) is 0 Å². The number of hydrogen-bond acceptors (Lipinski definition) is 1. The van der Waals surface area contributed by atoms with E-state index in [2.05, 4.69) is 0 Å². The first-order valence-electron chi connectivity index (χ1n) is 3.57. The zero-order valence-corrected chi connectivity index (χ0v) is 8.01. The molecule has 0 aromatic heterocycles. The highest BCUT2D eigenvalue weighted by molar-refractivity contribution is 6.25. The molecule has 0 rings (SSSR count). The zero-order chi connectivity index (χ0) is 8.85. The van der Waals surface area contributed by atoms with Crippen LogP contribution in [0.15, 0.2) is 11.6 Å². The van der Waals surface area contributed by atoms with E-state index in [9.17, 15) is 4.79 Å². The average Bonchev–Trinajstić information content (AvgIpc) is 1.87. The van der Waals surface area contributed by atoms with Crippen LogP contribution >= 0.6 is 11.6 Å². The van der Waals surface area contributed by atoms with Crippen LogP contribution in [-0.2, 0) is 4.79 Å². The van der Waals surface area contributed by atoms with Gasteiger partial charge in [0, 0.05) is 5.54 Å². The van der Waals surface area contributed by atoms with E-state index in [1.165, 1.54) is 5.54 Å². The number of rotatable bonds is 4. The molecule has 0 heterocycles. The van der Waals surface area contributed by atoms with Gasteiger partial charge in [0.25, 0.3) is 0 Å². The minimum Gasteiger partial charge on any atom is -0.481 e. The lowest BCUT2D eigenvalue weighted by Crippen LogP contribution is -2.18. The molecule has 0 spiro atoms. The smallest absolute Gasteiger partial charge is 0.307 e. The SMILES string of the molecule is CC(C)[C@H](C/C=C/Cl)C(=O)O.O. The molecule has 72 valence electrons. The van der Waals surface area contributed by atoms with Crippen molar-refractivity contribution in [2.75, 3.05) is 0 Å². The van der Waals surface area contributed by atoms with E-state index in [1.807, 2.05) is 13.8 Å². The van der Waals surface area contributed by atoms with Crippen molar-refractivity contribution in [3.63, 3.8) is 0 Å². The third-order valence-corrected chi connectivity index (χ3v) is 1.78. The van der Waals surface area contributed by atoms with Crippen molar-refractivity contribution in [1.29, 1.82) is 0 Å². The van der Waals surface area contributed by atoms with Crippen LogP contribution in [0.2, 0.25) is 0 Å². The quantitative estimate of drug-likeness (QED) is 0.740. The van der Waals surface area contributed by atoms with Crippen LogP contribution in [-0.4, -0.2) is 16.6 Å². The summed E-state index contributed by atoms with van der Waals surface area (Å²) in [6.07, 6.45) is 2.18. The summed E-state index contributed by atoms with van der Waals surface area (Å²) in [5, 5.41) is 8.69. The van der Waals surface area contributed by atoms with Crippen molar-refractivity contribution >= 4 is 17.6 Å². The van der Waals surface area contributed by atoms with Crippen molar-refractivity contribution in [2.24, 2.45) is 11.8 Å². The maximum absolute atomic E-state index is 10.6. The average molecular weight is 195 g/mol. The maximum Gasteiger partial charge on any atom is 0.307 e. The molecule has 0 radical (unpaired) electrons. The Morgan fingerprint density at radius 2 is 2.08 bits per heavy atom. The molecule has 0 saturated heterocycles. The predicted octanol–water partition coefficient (Wildman–Crippen LogP) is 1.66. The lowest BCUT2D eigenvalue weighted by atomic mass is 9.93. The van der Waals surface area contributed by atoms with Crippen molar-refractivity contribution in [3.05, 3.63) is 11.6 Å². The van der Waals surface area contributed by atoms with Crippen molar-refractivity contribution in [1.82, 2.24) is 0 Å². The molecule has 3 N–H and O–H groups in total. The van der Waals surface area contributed by atoms with E-state index in [0.717, 1.165) is 0 Å². The van der Waals surface area contributed by atoms with Crippen LogP contribution < -0.4 is 0 Å². The largest absolute Gasteiger partial charge is 0.481 e. The molecule has 0 fully saturated rings. The summed E-state index contributed by atoms with van der Waals surface area (Å²) in [6.45, 7) is 3.78. The second-order valence-corrected chi connectivity index (χ2v) is 3.04. The number of hydrogen-bond donors (Lipinski definition) is 1. The first kappa shape index (κ1) is 14.0. The van der Waals surface area contributed by atoms with Gasteiger partial charge in [-0.25, -0.2) is 0 Å². The van der Waals surface area contributed by atoms with Gasteiger partial charge in [0.05, 0.1) is 5.92 Å². The van der Waals surface area contributed by atoms with Crippen LogP contribution in [0.1, 0.15) is 20.3 Å². The van der Waals surface area contributed by atoms with E-state index >= 15 is 0 Å². The van der Waals surface area contributed by atoms with Gasteiger partial charge in [-0.2, -0.15) is 0 Å². The standard InChI is InChI=1S/C8H13ClO2.H2O/c1-6(2)7(8(10)11)4-3-5-9;/h3,5-7H,4H2,1-2H3,(H,10,11);1H2/b5-3+;/t7-;/m0./s1. The Labute approximate surface area is 77.3 Å². The highest BCUT2D eigenvalue weighted by Gasteiger charge is 2.19. The van der Waals surface area contributed by atoms with Crippen molar-refractivity contribution in [3.8, 4) is 0 Å². The number of carbonyl (C=O) groups is 1. The summed E-state index contributed by atoms with van der Waals surface area (Å²) in [5.74, 6) is -0.917. The van der Waals surface area contributed by atoms with Gasteiger partial charge in [0.1, 0.15) is 0 Å². The lowest BCUT2D eigenvalue weighted by Gasteiger charge is -2.12. The Balaban J connectivity index is 0. The number of halogens is 1. The maximum atomic E-state index is 10.6. The molecule has 0 aliphatic carbocycles. The summed E-state index contributed by atoms with van der Waals surface area (Å²) >= 11 is 5.28. The summed E-state index contributed by atoms with van der Waals surface area (Å²) in [7, 11) is 0. The molecule has 4 heteroatoms. The minimum atomic E-state index is -0.755. The molecule has 1 atom stereocenters. The Kier molecular flexibility index (Phi) is 8.32. The van der Waals surface area contributed by atoms with Crippen LogP contribution in [0.25, 0.3) is 0 Å². The monoisotopic (exact) mass is 194 g/mol. The normalized spacial score (nSPS) is 13.0. The van der Waals surface area contributed by atoms with Crippen molar-refractivity contribution in [2.45, 2.75) is 20.3 Å². The third-order valence-electron chi connectivity index (χ3n) is 1.60. The number of carboxylic acid groups (broad SMARTS) is 1. The topological polar surface area (TPSA) is 68.8 Å². The summed E-state index contributed by atoms with van der Waals surface area (Å²) in [6, 6.07) is 0. The van der Waals surface area contributed by atoms with Gasteiger partial charge >= 0.3 is 5.97 Å². The van der Waals surface area contributed by atoms with Gasteiger partial charge in [0.2, 0.25) is 0 Å². The molecular formula is C8H15ClO3. The van der Waals surface area contributed by atoms with Crippen molar-refractivity contribution < 1.29 is 15.4 Å². The predicted molar refractivity (Wildman–Crippen MR) is 49.2 cm³/mol. The molecule has 3 nitrogen and oxygen atoms in total. The lowest BCUT2D eigenvalue weighted by molar-refractivity contribution is -0.143. The number of aliphatic carboxylic acids is 1. The van der Waals surface area contributed by atoms with Gasteiger partial charge < -0.3 is 10.6 Å². The minimum absolute atomic E-state index is 0. The molecule has 0 aromatic carbocycles. The molecule has 12 heavy (non-hydrogen) atoms. The molecule has 0 aliphatic rings. The Hall–Kier alpha value is -0.540. The van der Waals surface area contributed by atoms with Crippen LogP contribution in [0.4, 0.5) is 0 Å². The molecule has 0 aliphatic heterocycles. The first-order valence-corrected chi connectivity index (χ1v) is 4.01. The second kappa shape index (κ2) is 7.13. The summed E-state index contributed by atoms with van der Waals surface area (Å²) in [4.78, 5) is 10.6. The van der Waals surface area contributed by atoms with E-state index in [-0.39, 0.29) is 17.3 Å². The first-order chi connectivity index (χ1) is 5.09. The molecule has 0 amide bonds. The molecule has 0 unspecified atom stereocenters. The number of allylic oxidation sites excluding steroid dienone is 1. The summed E-state index contributed by atoms with van der Waals surface area (Å²) in [5.41, 5.74) is 1.36. The van der Waals surface area contributed by atoms with Gasteiger partial charge in [-0.05, 0) is 12.3 Å². The van der Waals surface area contributed by atoms with Crippen LogP contribution in [0.3, 0.4) is 0 Å².